The smallest absolute Gasteiger partial charge is 0.471 e. The van der Waals surface area contributed by atoms with Crippen LogP contribution in [0.2, 0.25) is 0 Å². The molecule has 110 valence electrons. The van der Waals surface area contributed by atoms with Gasteiger partial charge in [0.2, 0.25) is 5.91 Å². The van der Waals surface area contributed by atoms with E-state index in [0.717, 1.165) is 6.92 Å². The summed E-state index contributed by atoms with van der Waals surface area (Å²) in [5, 5.41) is 3.93. The van der Waals surface area contributed by atoms with Gasteiger partial charge in [-0.1, -0.05) is 0 Å². The number of carbonyl (C=O) groups is 2. The molecular formula is C12H13F3N2O3. The van der Waals surface area contributed by atoms with Gasteiger partial charge in [0.15, 0.2) is 0 Å². The third-order valence-corrected chi connectivity index (χ3v) is 2.36. The zero-order valence-electron chi connectivity index (χ0n) is 10.7. The molecule has 0 aliphatic carbocycles. The molecule has 0 bridgehead atoms. The van der Waals surface area contributed by atoms with Crippen LogP contribution in [0.25, 0.3) is 0 Å². The van der Waals surface area contributed by atoms with E-state index >= 15 is 0 Å². The lowest BCUT2D eigenvalue weighted by atomic mass is 10.2. The summed E-state index contributed by atoms with van der Waals surface area (Å²) in [4.78, 5) is 22.3. The Morgan fingerprint density at radius 3 is 2.20 bits per heavy atom. The number of benzene rings is 1. The Balaban J connectivity index is 2.59. The standard InChI is InChI=1S/C12H13F3N2O3/c1-7(16-11(19)12(13,14)15)10(18)17-8-3-5-9(20-2)6-4-8/h3-7H,1-2H3,(H,16,19)(H,17,18). The molecule has 20 heavy (non-hydrogen) atoms. The van der Waals surface area contributed by atoms with Crippen molar-refractivity contribution < 1.29 is 27.5 Å². The van der Waals surface area contributed by atoms with Gasteiger partial charge in [-0.05, 0) is 31.2 Å². The van der Waals surface area contributed by atoms with Crippen molar-refractivity contribution >= 4 is 17.5 Å². The number of alkyl halides is 3. The molecule has 8 heteroatoms. The summed E-state index contributed by atoms with van der Waals surface area (Å²) < 4.78 is 41.0. The van der Waals surface area contributed by atoms with Crippen LogP contribution in [0.5, 0.6) is 5.75 Å². The van der Waals surface area contributed by atoms with Gasteiger partial charge in [-0.25, -0.2) is 0 Å². The van der Waals surface area contributed by atoms with E-state index in [2.05, 4.69) is 5.32 Å². The van der Waals surface area contributed by atoms with Crippen molar-refractivity contribution in [2.75, 3.05) is 12.4 Å². The van der Waals surface area contributed by atoms with E-state index in [1.807, 2.05) is 0 Å². The van der Waals surface area contributed by atoms with Crippen LogP contribution in [0.4, 0.5) is 18.9 Å². The summed E-state index contributed by atoms with van der Waals surface area (Å²) in [7, 11) is 1.47. The number of ether oxygens (including phenoxy) is 1. The Kier molecular flexibility index (Phi) is 4.95. The number of anilines is 1. The van der Waals surface area contributed by atoms with Crippen LogP contribution in [0, 0.1) is 0 Å². The molecule has 2 N–H and O–H groups in total. The SMILES string of the molecule is COc1ccc(NC(=O)C(C)NC(=O)C(F)(F)F)cc1. The van der Waals surface area contributed by atoms with Crippen molar-refractivity contribution in [2.24, 2.45) is 0 Å². The Hall–Kier alpha value is -2.25. The largest absolute Gasteiger partial charge is 0.497 e. The molecule has 2 amide bonds. The number of carbonyl (C=O) groups excluding carboxylic acids is 2. The molecule has 0 heterocycles. The summed E-state index contributed by atoms with van der Waals surface area (Å²) in [6, 6.07) is 4.89. The Morgan fingerprint density at radius 2 is 1.75 bits per heavy atom. The minimum absolute atomic E-state index is 0.379. The summed E-state index contributed by atoms with van der Waals surface area (Å²) in [6.07, 6.45) is -5.02. The van der Waals surface area contributed by atoms with Crippen LogP contribution in [-0.4, -0.2) is 31.1 Å². The molecule has 1 unspecified atom stereocenters. The fraction of sp³-hybridized carbons (Fsp3) is 0.333. The third-order valence-electron chi connectivity index (χ3n) is 2.36. The van der Waals surface area contributed by atoms with Gasteiger partial charge in [0.1, 0.15) is 11.8 Å². The van der Waals surface area contributed by atoms with Crippen LogP contribution < -0.4 is 15.4 Å². The summed E-state index contributed by atoms with van der Waals surface area (Å²) in [5.74, 6) is -2.34. The van der Waals surface area contributed by atoms with E-state index in [4.69, 9.17) is 4.74 Å². The highest BCUT2D eigenvalue weighted by molar-refractivity contribution is 5.97. The number of methoxy groups -OCH3 is 1. The van der Waals surface area contributed by atoms with Gasteiger partial charge in [0.05, 0.1) is 7.11 Å². The highest BCUT2D eigenvalue weighted by Gasteiger charge is 2.39. The zero-order chi connectivity index (χ0) is 15.3. The molecule has 5 nitrogen and oxygen atoms in total. The van der Waals surface area contributed by atoms with Crippen molar-refractivity contribution in [2.45, 2.75) is 19.1 Å². The third kappa shape index (κ3) is 4.45. The molecular weight excluding hydrogens is 277 g/mol. The summed E-state index contributed by atoms with van der Waals surface area (Å²) in [5.41, 5.74) is 0.379. The maximum absolute atomic E-state index is 12.0. The second kappa shape index (κ2) is 6.27. The lowest BCUT2D eigenvalue weighted by Gasteiger charge is -2.15. The van der Waals surface area contributed by atoms with Gasteiger partial charge in [-0.15, -0.1) is 0 Å². The monoisotopic (exact) mass is 290 g/mol. The first-order chi connectivity index (χ1) is 9.24. The van der Waals surface area contributed by atoms with Crippen molar-refractivity contribution in [1.82, 2.24) is 5.32 Å². The van der Waals surface area contributed by atoms with Gasteiger partial charge in [-0.2, -0.15) is 13.2 Å². The van der Waals surface area contributed by atoms with Gasteiger partial charge in [-0.3, -0.25) is 9.59 Å². The molecule has 0 aromatic heterocycles. The zero-order valence-corrected chi connectivity index (χ0v) is 10.7. The maximum Gasteiger partial charge on any atom is 0.471 e. The molecule has 1 atom stereocenters. The number of nitrogens with one attached hydrogen (secondary N) is 2. The lowest BCUT2D eigenvalue weighted by Crippen LogP contribution is -2.47. The molecule has 0 aliphatic rings. The van der Waals surface area contributed by atoms with Crippen molar-refractivity contribution in [3.05, 3.63) is 24.3 Å². The number of rotatable bonds is 4. The first kappa shape index (κ1) is 15.8. The molecule has 0 fully saturated rings. The van der Waals surface area contributed by atoms with Gasteiger partial charge in [0.25, 0.3) is 0 Å². The molecule has 1 aromatic carbocycles. The van der Waals surface area contributed by atoms with E-state index in [0.29, 0.717) is 11.4 Å². The number of hydrogen-bond donors (Lipinski definition) is 2. The van der Waals surface area contributed by atoms with Crippen molar-refractivity contribution in [3.63, 3.8) is 0 Å². The van der Waals surface area contributed by atoms with Crippen LogP contribution in [0.1, 0.15) is 6.92 Å². The second-order valence-corrected chi connectivity index (χ2v) is 3.91. The first-order valence-electron chi connectivity index (χ1n) is 5.56. The molecule has 0 spiro atoms. The second-order valence-electron chi connectivity index (χ2n) is 3.91. The van der Waals surface area contributed by atoms with E-state index in [9.17, 15) is 22.8 Å². The Bertz CT molecular complexity index is 486. The summed E-state index contributed by atoms with van der Waals surface area (Å²) in [6.45, 7) is 1.16. The van der Waals surface area contributed by atoms with Gasteiger partial charge in [0, 0.05) is 5.69 Å². The first-order valence-corrected chi connectivity index (χ1v) is 5.56. The van der Waals surface area contributed by atoms with Crippen molar-refractivity contribution in [3.8, 4) is 5.75 Å². The quantitative estimate of drug-likeness (QED) is 0.887. The van der Waals surface area contributed by atoms with Gasteiger partial charge >= 0.3 is 12.1 Å². The Morgan fingerprint density at radius 1 is 1.20 bits per heavy atom. The normalized spacial score (nSPS) is 12.4. The van der Waals surface area contributed by atoms with E-state index < -0.39 is 24.0 Å². The molecule has 0 radical (unpaired) electrons. The molecule has 1 aromatic rings. The average molecular weight is 290 g/mol. The average Bonchev–Trinajstić information content (AvgIpc) is 2.38. The van der Waals surface area contributed by atoms with Crippen LogP contribution in [0.15, 0.2) is 24.3 Å². The molecule has 0 saturated carbocycles. The van der Waals surface area contributed by atoms with E-state index in [1.54, 1.807) is 17.4 Å². The molecule has 0 aliphatic heterocycles. The Labute approximate surface area is 113 Å². The topological polar surface area (TPSA) is 67.4 Å². The summed E-state index contributed by atoms with van der Waals surface area (Å²) >= 11 is 0. The minimum atomic E-state index is -5.02. The highest BCUT2D eigenvalue weighted by atomic mass is 19.4. The number of hydrogen-bond acceptors (Lipinski definition) is 3. The maximum atomic E-state index is 12.0. The highest BCUT2D eigenvalue weighted by Crippen LogP contribution is 2.16. The van der Waals surface area contributed by atoms with E-state index in [-0.39, 0.29) is 0 Å². The lowest BCUT2D eigenvalue weighted by molar-refractivity contribution is -0.174. The molecule has 1 rings (SSSR count). The van der Waals surface area contributed by atoms with Crippen LogP contribution in [0.3, 0.4) is 0 Å². The fourth-order valence-electron chi connectivity index (χ4n) is 1.27. The fourth-order valence-corrected chi connectivity index (χ4v) is 1.27. The van der Waals surface area contributed by atoms with Crippen LogP contribution in [-0.2, 0) is 9.59 Å². The minimum Gasteiger partial charge on any atom is -0.497 e. The predicted octanol–water partition coefficient (Wildman–Crippen LogP) is 1.70. The number of amides is 2. The van der Waals surface area contributed by atoms with Crippen LogP contribution >= 0.6 is 0 Å². The van der Waals surface area contributed by atoms with Gasteiger partial charge < -0.3 is 15.4 Å². The van der Waals surface area contributed by atoms with E-state index in [1.165, 1.54) is 19.2 Å². The number of halogens is 3. The molecule has 0 saturated heterocycles. The van der Waals surface area contributed by atoms with Crippen molar-refractivity contribution in [1.29, 1.82) is 0 Å². The predicted molar refractivity (Wildman–Crippen MR) is 65.3 cm³/mol.